The van der Waals surface area contributed by atoms with Crippen molar-refractivity contribution in [2.45, 2.75) is 6.42 Å². The molecule has 0 bridgehead atoms. The van der Waals surface area contributed by atoms with Gasteiger partial charge in [-0.25, -0.2) is 0 Å². The zero-order valence-electron chi connectivity index (χ0n) is 15.2. The van der Waals surface area contributed by atoms with Crippen molar-refractivity contribution in [1.82, 2.24) is 19.7 Å². The third-order valence-corrected chi connectivity index (χ3v) is 5.67. The standard InChI is InChI=1S/C22H16N4OS/c1-26-13-18(12-25-26)20-8-16-7-19(23-10-17(16)11-24-20)9-21(27)14-2-3-22-15(6-14)4-5-28-22/h2-8,10-13H,9H2,1H3. The largest absolute Gasteiger partial charge is 0.294 e. The van der Waals surface area contributed by atoms with Crippen LogP contribution in [0, 0.1) is 0 Å². The maximum absolute atomic E-state index is 12.7. The van der Waals surface area contributed by atoms with Crippen LogP contribution < -0.4 is 0 Å². The number of aryl methyl sites for hydroxylation is 1. The molecule has 1 aromatic carbocycles. The SMILES string of the molecule is Cn1cc(-c2cc3cc(CC(=O)c4ccc5sccc5c4)ncc3cn2)cn1. The van der Waals surface area contributed by atoms with Crippen molar-refractivity contribution in [3.8, 4) is 11.3 Å². The van der Waals surface area contributed by atoms with Crippen LogP contribution in [0.1, 0.15) is 16.1 Å². The van der Waals surface area contributed by atoms with E-state index >= 15 is 0 Å². The Morgan fingerprint density at radius 1 is 1.00 bits per heavy atom. The predicted molar refractivity (Wildman–Crippen MR) is 112 cm³/mol. The fourth-order valence-electron chi connectivity index (χ4n) is 3.30. The van der Waals surface area contributed by atoms with Crippen molar-refractivity contribution in [2.24, 2.45) is 7.05 Å². The number of rotatable bonds is 4. The molecule has 5 nitrogen and oxygen atoms in total. The highest BCUT2D eigenvalue weighted by atomic mass is 32.1. The first-order valence-corrected chi connectivity index (χ1v) is 9.78. The van der Waals surface area contributed by atoms with Crippen LogP contribution in [-0.4, -0.2) is 25.5 Å². The van der Waals surface area contributed by atoms with Crippen LogP contribution in [0.15, 0.2) is 66.6 Å². The van der Waals surface area contributed by atoms with E-state index in [4.69, 9.17) is 0 Å². The Balaban J connectivity index is 1.45. The molecule has 5 aromatic rings. The van der Waals surface area contributed by atoms with E-state index in [1.54, 1.807) is 34.6 Å². The van der Waals surface area contributed by atoms with E-state index < -0.39 is 0 Å². The molecule has 4 heterocycles. The average Bonchev–Trinajstić information content (AvgIpc) is 3.35. The monoisotopic (exact) mass is 384 g/mol. The molecule has 0 aliphatic heterocycles. The molecule has 0 N–H and O–H groups in total. The lowest BCUT2D eigenvalue weighted by Gasteiger charge is -2.05. The average molecular weight is 384 g/mol. The van der Waals surface area contributed by atoms with Crippen molar-refractivity contribution in [2.75, 3.05) is 0 Å². The van der Waals surface area contributed by atoms with Gasteiger partial charge in [-0.15, -0.1) is 11.3 Å². The van der Waals surface area contributed by atoms with Crippen molar-refractivity contribution in [1.29, 1.82) is 0 Å². The number of carbonyl (C=O) groups excluding carboxylic acids is 1. The second-order valence-electron chi connectivity index (χ2n) is 6.77. The number of aromatic nitrogens is 4. The molecule has 0 unspecified atom stereocenters. The fraction of sp³-hybridized carbons (Fsp3) is 0.0909. The number of fused-ring (bicyclic) bond motifs is 2. The Morgan fingerprint density at radius 2 is 1.89 bits per heavy atom. The van der Waals surface area contributed by atoms with E-state index in [0.29, 0.717) is 0 Å². The normalized spacial score (nSPS) is 11.3. The lowest BCUT2D eigenvalue weighted by atomic mass is 10.0. The number of hydrogen-bond donors (Lipinski definition) is 0. The van der Waals surface area contributed by atoms with Crippen LogP contribution in [0.5, 0.6) is 0 Å². The van der Waals surface area contributed by atoms with E-state index in [-0.39, 0.29) is 12.2 Å². The molecule has 0 radical (unpaired) electrons. The number of pyridine rings is 2. The first kappa shape index (κ1) is 16.8. The summed E-state index contributed by atoms with van der Waals surface area (Å²) >= 11 is 1.68. The summed E-state index contributed by atoms with van der Waals surface area (Å²) in [6.07, 6.45) is 7.58. The van der Waals surface area contributed by atoms with Gasteiger partial charge >= 0.3 is 0 Å². The van der Waals surface area contributed by atoms with E-state index in [1.165, 1.54) is 4.70 Å². The Morgan fingerprint density at radius 3 is 2.75 bits per heavy atom. The number of benzene rings is 1. The van der Waals surface area contributed by atoms with Gasteiger partial charge in [0.15, 0.2) is 5.78 Å². The van der Waals surface area contributed by atoms with E-state index in [1.807, 2.05) is 55.0 Å². The van der Waals surface area contributed by atoms with Gasteiger partial charge < -0.3 is 0 Å². The zero-order chi connectivity index (χ0) is 19.1. The zero-order valence-corrected chi connectivity index (χ0v) is 16.0. The number of ketones is 1. The summed E-state index contributed by atoms with van der Waals surface area (Å²) in [5.74, 6) is 0.0708. The van der Waals surface area contributed by atoms with E-state index in [9.17, 15) is 4.79 Å². The lowest BCUT2D eigenvalue weighted by Crippen LogP contribution is -2.05. The Hall–Kier alpha value is -3.38. The highest BCUT2D eigenvalue weighted by molar-refractivity contribution is 7.17. The predicted octanol–water partition coefficient (Wildman–Crippen LogP) is 4.67. The number of thiophene rings is 1. The van der Waals surface area contributed by atoms with Gasteiger partial charge in [0.05, 0.1) is 18.3 Å². The molecule has 0 aliphatic rings. The molecular formula is C22H16N4OS. The van der Waals surface area contributed by atoms with Crippen LogP contribution >= 0.6 is 11.3 Å². The summed E-state index contributed by atoms with van der Waals surface area (Å²) in [6.45, 7) is 0. The van der Waals surface area contributed by atoms with Crippen LogP contribution in [0.4, 0.5) is 0 Å². The third-order valence-electron chi connectivity index (χ3n) is 4.78. The molecule has 0 atom stereocenters. The molecule has 0 aliphatic carbocycles. The van der Waals surface area contributed by atoms with Crippen LogP contribution in [0.3, 0.4) is 0 Å². The molecule has 0 spiro atoms. The highest BCUT2D eigenvalue weighted by Gasteiger charge is 2.11. The number of Topliss-reactive ketones (excluding diaryl/α,β-unsaturated/α-hetero) is 1. The van der Waals surface area contributed by atoms with Gasteiger partial charge in [-0.1, -0.05) is 0 Å². The van der Waals surface area contributed by atoms with Crippen molar-refractivity contribution < 1.29 is 4.79 Å². The first-order chi connectivity index (χ1) is 13.7. The molecule has 6 heteroatoms. The van der Waals surface area contributed by atoms with Gasteiger partial charge in [-0.05, 0) is 52.6 Å². The van der Waals surface area contributed by atoms with E-state index in [0.717, 1.165) is 38.7 Å². The second-order valence-corrected chi connectivity index (χ2v) is 7.72. The van der Waals surface area contributed by atoms with Crippen molar-refractivity contribution in [3.63, 3.8) is 0 Å². The summed E-state index contributed by atoms with van der Waals surface area (Å²) in [6, 6.07) is 11.9. The molecule has 0 fully saturated rings. The summed E-state index contributed by atoms with van der Waals surface area (Å²) < 4.78 is 2.94. The Bertz CT molecular complexity index is 1330. The Labute approximate surface area is 165 Å². The summed E-state index contributed by atoms with van der Waals surface area (Å²) in [7, 11) is 1.88. The molecule has 0 saturated carbocycles. The van der Waals surface area contributed by atoms with E-state index in [2.05, 4.69) is 15.1 Å². The number of nitrogens with zero attached hydrogens (tertiary/aromatic N) is 4. The Kier molecular flexibility index (Phi) is 3.98. The number of carbonyl (C=O) groups is 1. The smallest absolute Gasteiger partial charge is 0.168 e. The maximum atomic E-state index is 12.7. The fourth-order valence-corrected chi connectivity index (χ4v) is 4.07. The molecule has 136 valence electrons. The van der Waals surface area contributed by atoms with Gasteiger partial charge in [-0.2, -0.15) is 5.10 Å². The first-order valence-electron chi connectivity index (χ1n) is 8.90. The van der Waals surface area contributed by atoms with Crippen LogP contribution in [0.25, 0.3) is 32.1 Å². The van der Waals surface area contributed by atoms with Crippen molar-refractivity contribution >= 4 is 38.0 Å². The highest BCUT2D eigenvalue weighted by Crippen LogP contribution is 2.24. The minimum Gasteiger partial charge on any atom is -0.294 e. The number of hydrogen-bond acceptors (Lipinski definition) is 5. The molecule has 0 saturated heterocycles. The quantitative estimate of drug-likeness (QED) is 0.423. The summed E-state index contributed by atoms with van der Waals surface area (Å²) in [4.78, 5) is 21.7. The molecule has 4 aromatic heterocycles. The van der Waals surface area contributed by atoms with Crippen molar-refractivity contribution in [3.05, 3.63) is 77.8 Å². The second kappa shape index (κ2) is 6.65. The topological polar surface area (TPSA) is 60.7 Å². The minimum atomic E-state index is 0.0708. The third kappa shape index (κ3) is 3.08. The van der Waals surface area contributed by atoms with Crippen LogP contribution in [-0.2, 0) is 13.5 Å². The molecule has 0 amide bonds. The summed E-state index contributed by atoms with van der Waals surface area (Å²) in [5.41, 5.74) is 3.29. The lowest BCUT2D eigenvalue weighted by molar-refractivity contribution is 0.0992. The van der Waals surface area contributed by atoms with Crippen LogP contribution in [0.2, 0.25) is 0 Å². The molecular weight excluding hydrogens is 368 g/mol. The summed E-state index contributed by atoms with van der Waals surface area (Å²) in [5, 5.41) is 9.31. The van der Waals surface area contributed by atoms with Gasteiger partial charge in [-0.3, -0.25) is 19.4 Å². The van der Waals surface area contributed by atoms with Gasteiger partial charge in [0.25, 0.3) is 0 Å². The maximum Gasteiger partial charge on any atom is 0.168 e. The van der Waals surface area contributed by atoms with Gasteiger partial charge in [0, 0.05) is 52.5 Å². The molecule has 5 rings (SSSR count). The molecule has 28 heavy (non-hydrogen) atoms. The minimum absolute atomic E-state index is 0.0708. The van der Waals surface area contributed by atoms with Gasteiger partial charge in [0.2, 0.25) is 0 Å². The van der Waals surface area contributed by atoms with Gasteiger partial charge in [0.1, 0.15) is 0 Å².